The number of halogens is 3. The first-order valence-corrected chi connectivity index (χ1v) is 7.08. The summed E-state index contributed by atoms with van der Waals surface area (Å²) in [5.41, 5.74) is -0.337. The normalized spacial score (nSPS) is 11.3. The van der Waals surface area contributed by atoms with Gasteiger partial charge in [0, 0.05) is 11.3 Å². The average molecular weight is 348 g/mol. The van der Waals surface area contributed by atoms with Crippen LogP contribution in [0.1, 0.15) is 16.2 Å². The molecule has 5 nitrogen and oxygen atoms in total. The van der Waals surface area contributed by atoms with E-state index in [4.69, 9.17) is 4.42 Å². The van der Waals surface area contributed by atoms with Gasteiger partial charge in [-0.15, -0.1) is 0 Å². The molecule has 1 amide bonds. The fourth-order valence-corrected chi connectivity index (χ4v) is 2.11. The van der Waals surface area contributed by atoms with Crippen molar-refractivity contribution in [2.24, 2.45) is 0 Å². The molecule has 0 aliphatic heterocycles. The first kappa shape index (κ1) is 16.6. The van der Waals surface area contributed by atoms with Crippen LogP contribution in [0.3, 0.4) is 0 Å². The molecule has 2 aromatic carbocycles. The molecular weight excluding hydrogens is 337 g/mol. The molecule has 0 saturated carbocycles. The number of alkyl halides is 3. The van der Waals surface area contributed by atoms with Crippen LogP contribution in [0, 0.1) is 0 Å². The number of carbonyl (C=O) groups excluding carboxylic acids is 1. The topological polar surface area (TPSA) is 75.4 Å². The third-order valence-corrected chi connectivity index (χ3v) is 3.25. The van der Waals surface area contributed by atoms with E-state index < -0.39 is 23.5 Å². The monoisotopic (exact) mass is 348 g/mol. The summed E-state index contributed by atoms with van der Waals surface area (Å²) in [5.74, 6) is -2.88. The highest BCUT2D eigenvalue weighted by molar-refractivity contribution is 6.04. The minimum absolute atomic E-state index is 0.0400. The third-order valence-electron chi connectivity index (χ3n) is 3.25. The number of oxazole rings is 1. The van der Waals surface area contributed by atoms with Crippen LogP contribution in [0.4, 0.5) is 18.9 Å². The maximum Gasteiger partial charge on any atom is 0.452 e. The molecule has 1 aromatic heterocycles. The van der Waals surface area contributed by atoms with Crippen molar-refractivity contribution in [1.82, 2.24) is 4.98 Å². The number of nitrogens with zero attached hydrogens (tertiary/aromatic N) is 1. The predicted molar refractivity (Wildman–Crippen MR) is 83.0 cm³/mol. The number of phenols is 1. The summed E-state index contributed by atoms with van der Waals surface area (Å²) in [4.78, 5) is 15.9. The molecule has 1 heterocycles. The van der Waals surface area contributed by atoms with E-state index in [1.807, 2.05) is 0 Å². The number of rotatable bonds is 3. The van der Waals surface area contributed by atoms with Crippen molar-refractivity contribution in [3.05, 3.63) is 66.1 Å². The number of carbonyl (C=O) groups is 1. The molecule has 3 rings (SSSR count). The smallest absolute Gasteiger partial charge is 0.452 e. The maximum atomic E-state index is 13.2. The first-order chi connectivity index (χ1) is 11.8. The zero-order valence-electron chi connectivity index (χ0n) is 12.5. The molecule has 8 heteroatoms. The van der Waals surface area contributed by atoms with Crippen LogP contribution in [0.5, 0.6) is 5.75 Å². The van der Waals surface area contributed by atoms with E-state index in [0.29, 0.717) is 5.56 Å². The number of nitrogens with one attached hydrogen (secondary N) is 1. The zero-order valence-corrected chi connectivity index (χ0v) is 12.5. The number of aromatic nitrogens is 1. The number of hydrogen-bond acceptors (Lipinski definition) is 4. The molecule has 25 heavy (non-hydrogen) atoms. The van der Waals surface area contributed by atoms with Gasteiger partial charge in [0.15, 0.2) is 5.69 Å². The molecule has 0 aliphatic carbocycles. The molecule has 0 spiro atoms. The second kappa shape index (κ2) is 6.31. The summed E-state index contributed by atoms with van der Waals surface area (Å²) in [6.07, 6.45) is -4.87. The van der Waals surface area contributed by atoms with E-state index in [0.717, 1.165) is 0 Å². The highest BCUT2D eigenvalue weighted by Crippen LogP contribution is 2.35. The van der Waals surface area contributed by atoms with Crippen molar-refractivity contribution in [1.29, 1.82) is 0 Å². The van der Waals surface area contributed by atoms with E-state index in [1.165, 1.54) is 36.4 Å². The number of phenolic OH excluding ortho intramolecular Hbond substituents is 1. The fourth-order valence-electron chi connectivity index (χ4n) is 2.11. The standard InChI is InChI=1S/C17H11F3N2O3/c18-17(19,20)14-13(15(24)21-11-6-8-12(23)9-7-11)22-16(25-14)10-4-2-1-3-5-10/h1-9,23H,(H,21,24). The van der Waals surface area contributed by atoms with Crippen LogP contribution < -0.4 is 5.32 Å². The minimum atomic E-state index is -4.87. The van der Waals surface area contributed by atoms with E-state index in [2.05, 4.69) is 10.3 Å². The molecule has 3 aromatic rings. The highest BCUT2D eigenvalue weighted by atomic mass is 19.4. The number of aromatic hydroxyl groups is 1. The molecule has 0 atom stereocenters. The SMILES string of the molecule is O=C(Nc1ccc(O)cc1)c1nc(-c2ccccc2)oc1C(F)(F)F. The molecule has 0 radical (unpaired) electrons. The predicted octanol–water partition coefficient (Wildman–Crippen LogP) is 4.32. The Morgan fingerprint density at radius 2 is 1.68 bits per heavy atom. The lowest BCUT2D eigenvalue weighted by atomic mass is 10.2. The second-order valence-electron chi connectivity index (χ2n) is 5.06. The van der Waals surface area contributed by atoms with Crippen molar-refractivity contribution >= 4 is 11.6 Å². The Bertz CT molecular complexity index is 888. The Morgan fingerprint density at radius 1 is 1.04 bits per heavy atom. The summed E-state index contributed by atoms with van der Waals surface area (Å²) in [5, 5.41) is 11.5. The van der Waals surface area contributed by atoms with Crippen molar-refractivity contribution in [2.45, 2.75) is 6.18 Å². The molecular formula is C17H11F3N2O3. The Morgan fingerprint density at radius 3 is 2.28 bits per heavy atom. The van der Waals surface area contributed by atoms with Crippen LogP contribution in [-0.4, -0.2) is 16.0 Å². The van der Waals surface area contributed by atoms with Crippen LogP contribution in [0.15, 0.2) is 59.0 Å². The molecule has 0 unspecified atom stereocenters. The molecule has 128 valence electrons. The molecule has 0 aliphatic rings. The van der Waals surface area contributed by atoms with Gasteiger partial charge in [0.1, 0.15) is 5.75 Å². The van der Waals surface area contributed by atoms with Gasteiger partial charge < -0.3 is 14.8 Å². The van der Waals surface area contributed by atoms with Crippen molar-refractivity contribution in [3.8, 4) is 17.2 Å². The van der Waals surface area contributed by atoms with Crippen molar-refractivity contribution < 1.29 is 27.5 Å². The highest BCUT2D eigenvalue weighted by Gasteiger charge is 2.42. The fraction of sp³-hybridized carbons (Fsp3) is 0.0588. The van der Waals surface area contributed by atoms with E-state index in [9.17, 15) is 23.1 Å². The molecule has 2 N–H and O–H groups in total. The van der Waals surface area contributed by atoms with Crippen LogP contribution >= 0.6 is 0 Å². The zero-order chi connectivity index (χ0) is 18.0. The van der Waals surface area contributed by atoms with Gasteiger partial charge in [0.25, 0.3) is 5.91 Å². The van der Waals surface area contributed by atoms with Gasteiger partial charge in [-0.3, -0.25) is 4.79 Å². The maximum absolute atomic E-state index is 13.2. The number of amides is 1. The minimum Gasteiger partial charge on any atom is -0.508 e. The lowest BCUT2D eigenvalue weighted by Gasteiger charge is -2.06. The van der Waals surface area contributed by atoms with Crippen molar-refractivity contribution in [2.75, 3.05) is 5.32 Å². The van der Waals surface area contributed by atoms with Crippen LogP contribution in [-0.2, 0) is 6.18 Å². The van der Waals surface area contributed by atoms with Crippen molar-refractivity contribution in [3.63, 3.8) is 0 Å². The molecule has 0 fully saturated rings. The Labute approximate surface area is 139 Å². The van der Waals surface area contributed by atoms with Gasteiger partial charge in [0.2, 0.25) is 11.7 Å². The largest absolute Gasteiger partial charge is 0.508 e. The number of hydrogen-bond donors (Lipinski definition) is 2. The second-order valence-corrected chi connectivity index (χ2v) is 5.06. The number of anilines is 1. The van der Waals surface area contributed by atoms with Gasteiger partial charge in [-0.1, -0.05) is 18.2 Å². The summed E-state index contributed by atoms with van der Waals surface area (Å²) in [6, 6.07) is 13.2. The molecule has 0 saturated heterocycles. The van der Waals surface area contributed by atoms with Gasteiger partial charge in [-0.25, -0.2) is 4.98 Å². The van der Waals surface area contributed by atoms with Crippen LogP contribution in [0.2, 0.25) is 0 Å². The Hall–Kier alpha value is -3.29. The summed E-state index contributed by atoms with van der Waals surface area (Å²) in [6.45, 7) is 0. The van der Waals surface area contributed by atoms with Gasteiger partial charge >= 0.3 is 6.18 Å². The quantitative estimate of drug-likeness (QED) is 0.691. The molecule has 0 bridgehead atoms. The summed E-state index contributed by atoms with van der Waals surface area (Å²) < 4.78 is 44.4. The lowest BCUT2D eigenvalue weighted by Crippen LogP contribution is -2.18. The third kappa shape index (κ3) is 3.63. The van der Waals surface area contributed by atoms with Gasteiger partial charge in [-0.05, 0) is 36.4 Å². The Kier molecular flexibility index (Phi) is 4.18. The van der Waals surface area contributed by atoms with Gasteiger partial charge in [0.05, 0.1) is 0 Å². The van der Waals surface area contributed by atoms with E-state index in [-0.39, 0.29) is 17.3 Å². The number of benzene rings is 2. The summed E-state index contributed by atoms with van der Waals surface area (Å²) in [7, 11) is 0. The Balaban J connectivity index is 1.97. The van der Waals surface area contributed by atoms with E-state index >= 15 is 0 Å². The lowest BCUT2D eigenvalue weighted by molar-refractivity contribution is -0.153. The van der Waals surface area contributed by atoms with E-state index in [1.54, 1.807) is 18.2 Å². The van der Waals surface area contributed by atoms with Gasteiger partial charge in [-0.2, -0.15) is 13.2 Å². The summed E-state index contributed by atoms with van der Waals surface area (Å²) >= 11 is 0. The average Bonchev–Trinajstić information content (AvgIpc) is 3.04. The first-order valence-electron chi connectivity index (χ1n) is 7.08. The van der Waals surface area contributed by atoms with Crippen LogP contribution in [0.25, 0.3) is 11.5 Å².